The predicted molar refractivity (Wildman–Crippen MR) is 77.9 cm³/mol. The maximum absolute atomic E-state index is 3.61. The molecule has 3 unspecified atom stereocenters. The molecule has 0 bridgehead atoms. The highest BCUT2D eigenvalue weighted by Crippen LogP contribution is 2.33. The molecule has 1 N–H and O–H groups in total. The van der Waals surface area contributed by atoms with Gasteiger partial charge in [-0.1, -0.05) is 13.8 Å². The highest BCUT2D eigenvalue weighted by molar-refractivity contribution is 4.93. The van der Waals surface area contributed by atoms with Crippen LogP contribution in [-0.4, -0.2) is 61.7 Å². The highest BCUT2D eigenvalue weighted by Gasteiger charge is 2.37. The van der Waals surface area contributed by atoms with Crippen molar-refractivity contribution in [2.24, 2.45) is 5.92 Å². The lowest BCUT2D eigenvalue weighted by Gasteiger charge is -2.48. The molecule has 0 aromatic heterocycles. The second kappa shape index (κ2) is 6.36. The van der Waals surface area contributed by atoms with E-state index in [4.69, 9.17) is 0 Å². The molecular formula is C15H31N3. The molecule has 18 heavy (non-hydrogen) atoms. The van der Waals surface area contributed by atoms with Crippen LogP contribution in [0.1, 0.15) is 39.5 Å². The van der Waals surface area contributed by atoms with E-state index in [9.17, 15) is 0 Å². The zero-order valence-electron chi connectivity index (χ0n) is 12.7. The van der Waals surface area contributed by atoms with Gasteiger partial charge in [-0.3, -0.25) is 4.90 Å². The molecule has 3 heteroatoms. The Hall–Kier alpha value is -0.120. The molecule has 1 saturated carbocycles. The van der Waals surface area contributed by atoms with Gasteiger partial charge in [-0.15, -0.1) is 0 Å². The van der Waals surface area contributed by atoms with Gasteiger partial charge in [0.1, 0.15) is 0 Å². The molecule has 1 saturated heterocycles. The molecule has 0 spiro atoms. The van der Waals surface area contributed by atoms with E-state index >= 15 is 0 Å². The third-order valence-corrected chi connectivity index (χ3v) is 4.86. The van der Waals surface area contributed by atoms with E-state index in [0.29, 0.717) is 6.04 Å². The number of hydrogen-bond acceptors (Lipinski definition) is 3. The minimum atomic E-state index is 0.623. The SMILES string of the molecule is CC(C)NCC1CCC1N(C)C1CCCN(C)C1. The van der Waals surface area contributed by atoms with E-state index in [1.54, 1.807) is 0 Å². The van der Waals surface area contributed by atoms with Gasteiger partial charge in [0, 0.05) is 24.7 Å². The maximum atomic E-state index is 3.61. The summed E-state index contributed by atoms with van der Waals surface area (Å²) in [5.41, 5.74) is 0. The van der Waals surface area contributed by atoms with Crippen LogP contribution in [0.4, 0.5) is 0 Å². The molecule has 1 aliphatic carbocycles. The van der Waals surface area contributed by atoms with Gasteiger partial charge >= 0.3 is 0 Å². The topological polar surface area (TPSA) is 18.5 Å². The molecule has 0 aromatic carbocycles. The van der Waals surface area contributed by atoms with Crippen LogP contribution in [0.5, 0.6) is 0 Å². The van der Waals surface area contributed by atoms with Crippen molar-refractivity contribution < 1.29 is 0 Å². The number of hydrogen-bond donors (Lipinski definition) is 1. The predicted octanol–water partition coefficient (Wildman–Crippen LogP) is 1.79. The molecule has 3 atom stereocenters. The molecule has 1 heterocycles. The summed E-state index contributed by atoms with van der Waals surface area (Å²) >= 11 is 0. The number of likely N-dealkylation sites (N-methyl/N-ethyl adjacent to an activating group) is 2. The number of piperidine rings is 1. The number of rotatable bonds is 5. The molecular weight excluding hydrogens is 222 g/mol. The summed E-state index contributed by atoms with van der Waals surface area (Å²) < 4.78 is 0. The second-order valence-corrected chi connectivity index (χ2v) is 6.69. The summed E-state index contributed by atoms with van der Waals surface area (Å²) in [5, 5.41) is 3.61. The van der Waals surface area contributed by atoms with Crippen LogP contribution in [0.25, 0.3) is 0 Å². The first-order chi connectivity index (χ1) is 8.58. The summed E-state index contributed by atoms with van der Waals surface area (Å²) in [7, 11) is 4.62. The quantitative estimate of drug-likeness (QED) is 0.806. The average molecular weight is 253 g/mol. The molecule has 0 aromatic rings. The largest absolute Gasteiger partial charge is 0.314 e. The van der Waals surface area contributed by atoms with E-state index in [-0.39, 0.29) is 0 Å². The summed E-state index contributed by atoms with van der Waals surface area (Å²) in [4.78, 5) is 5.18. The molecule has 2 fully saturated rings. The van der Waals surface area contributed by atoms with Crippen molar-refractivity contribution in [2.45, 2.75) is 57.7 Å². The number of likely N-dealkylation sites (tertiary alicyclic amines) is 1. The Bertz CT molecular complexity index is 254. The maximum Gasteiger partial charge on any atom is 0.0223 e. The van der Waals surface area contributed by atoms with Gasteiger partial charge in [-0.05, 0) is 58.8 Å². The van der Waals surface area contributed by atoms with Gasteiger partial charge in [-0.25, -0.2) is 0 Å². The van der Waals surface area contributed by atoms with Crippen molar-refractivity contribution in [3.8, 4) is 0 Å². The normalized spacial score (nSPS) is 34.0. The minimum Gasteiger partial charge on any atom is -0.314 e. The van der Waals surface area contributed by atoms with Crippen molar-refractivity contribution in [3.05, 3.63) is 0 Å². The molecule has 2 aliphatic rings. The first kappa shape index (κ1) is 14.3. The van der Waals surface area contributed by atoms with Crippen LogP contribution in [0.3, 0.4) is 0 Å². The number of nitrogens with one attached hydrogen (secondary N) is 1. The molecule has 0 radical (unpaired) electrons. The fraction of sp³-hybridized carbons (Fsp3) is 1.00. The standard InChI is InChI=1S/C15H31N3/c1-12(2)16-10-13-7-8-15(13)18(4)14-6-5-9-17(3)11-14/h12-16H,5-11H2,1-4H3. The van der Waals surface area contributed by atoms with Crippen molar-refractivity contribution in [3.63, 3.8) is 0 Å². The van der Waals surface area contributed by atoms with Gasteiger partial charge in [0.2, 0.25) is 0 Å². The van der Waals surface area contributed by atoms with E-state index in [1.165, 1.54) is 45.3 Å². The van der Waals surface area contributed by atoms with Gasteiger partial charge in [0.15, 0.2) is 0 Å². The van der Waals surface area contributed by atoms with Crippen LogP contribution in [-0.2, 0) is 0 Å². The first-order valence-corrected chi connectivity index (χ1v) is 7.71. The van der Waals surface area contributed by atoms with Crippen LogP contribution in [0.15, 0.2) is 0 Å². The Labute approximate surface area is 113 Å². The monoisotopic (exact) mass is 253 g/mol. The van der Waals surface area contributed by atoms with Crippen LogP contribution >= 0.6 is 0 Å². The Balaban J connectivity index is 1.79. The number of nitrogens with zero attached hydrogens (tertiary/aromatic N) is 2. The summed E-state index contributed by atoms with van der Waals surface area (Å²) in [5.74, 6) is 0.879. The van der Waals surface area contributed by atoms with Gasteiger partial charge in [0.25, 0.3) is 0 Å². The van der Waals surface area contributed by atoms with Crippen molar-refractivity contribution in [1.29, 1.82) is 0 Å². The summed E-state index contributed by atoms with van der Waals surface area (Å²) in [6, 6.07) is 2.24. The lowest BCUT2D eigenvalue weighted by atomic mass is 9.77. The fourth-order valence-electron chi connectivity index (χ4n) is 3.46. The third-order valence-electron chi connectivity index (χ3n) is 4.86. The highest BCUT2D eigenvalue weighted by atomic mass is 15.2. The van der Waals surface area contributed by atoms with Crippen LogP contribution in [0, 0.1) is 5.92 Å². The van der Waals surface area contributed by atoms with Crippen LogP contribution in [0.2, 0.25) is 0 Å². The smallest absolute Gasteiger partial charge is 0.0223 e. The molecule has 106 valence electrons. The Morgan fingerprint density at radius 2 is 2.06 bits per heavy atom. The Morgan fingerprint density at radius 1 is 1.28 bits per heavy atom. The molecule has 2 rings (SSSR count). The lowest BCUT2D eigenvalue weighted by molar-refractivity contribution is 0.0220. The fourth-order valence-corrected chi connectivity index (χ4v) is 3.46. The van der Waals surface area contributed by atoms with E-state index in [1.807, 2.05) is 0 Å². The summed E-state index contributed by atoms with van der Waals surface area (Å²) in [6.07, 6.45) is 5.58. The van der Waals surface area contributed by atoms with Gasteiger partial charge < -0.3 is 10.2 Å². The zero-order valence-corrected chi connectivity index (χ0v) is 12.7. The van der Waals surface area contributed by atoms with Crippen molar-refractivity contribution >= 4 is 0 Å². The average Bonchev–Trinajstić information content (AvgIpc) is 2.27. The van der Waals surface area contributed by atoms with Crippen LogP contribution < -0.4 is 5.32 Å². The molecule has 0 amide bonds. The van der Waals surface area contributed by atoms with E-state index in [0.717, 1.165) is 18.0 Å². The van der Waals surface area contributed by atoms with Gasteiger partial charge in [-0.2, -0.15) is 0 Å². The second-order valence-electron chi connectivity index (χ2n) is 6.69. The van der Waals surface area contributed by atoms with Crippen molar-refractivity contribution in [1.82, 2.24) is 15.1 Å². The Kier molecular flexibility index (Phi) is 5.05. The minimum absolute atomic E-state index is 0.623. The first-order valence-electron chi connectivity index (χ1n) is 7.71. The van der Waals surface area contributed by atoms with Crippen molar-refractivity contribution in [2.75, 3.05) is 33.7 Å². The Morgan fingerprint density at radius 3 is 2.61 bits per heavy atom. The molecule has 3 nitrogen and oxygen atoms in total. The lowest BCUT2D eigenvalue weighted by Crippen LogP contribution is -2.56. The summed E-state index contributed by atoms with van der Waals surface area (Å²) in [6.45, 7) is 8.24. The van der Waals surface area contributed by atoms with E-state index < -0.39 is 0 Å². The molecule has 1 aliphatic heterocycles. The van der Waals surface area contributed by atoms with Gasteiger partial charge in [0.05, 0.1) is 0 Å². The third kappa shape index (κ3) is 3.46. The van der Waals surface area contributed by atoms with E-state index in [2.05, 4.69) is 43.1 Å². The zero-order chi connectivity index (χ0) is 13.1.